The molecule has 0 amide bonds. The molecule has 1 unspecified atom stereocenters. The van der Waals surface area contributed by atoms with Crippen LogP contribution in [-0.4, -0.2) is 89.2 Å². The molecule has 8 heteroatoms. The van der Waals surface area contributed by atoms with Crippen LogP contribution in [0.1, 0.15) is 11.1 Å². The molecule has 0 saturated carbocycles. The molecule has 166 valence electrons. The summed E-state index contributed by atoms with van der Waals surface area (Å²) in [5, 5.41) is 14.5. The van der Waals surface area contributed by atoms with E-state index in [1.165, 1.54) is 11.1 Å². The van der Waals surface area contributed by atoms with E-state index in [0.717, 1.165) is 44.1 Å². The Morgan fingerprint density at radius 1 is 1.23 bits per heavy atom. The summed E-state index contributed by atoms with van der Waals surface area (Å²) in [6.45, 7) is 4.77. The van der Waals surface area contributed by atoms with Gasteiger partial charge >= 0.3 is 0 Å². The van der Waals surface area contributed by atoms with Crippen LogP contribution in [0.15, 0.2) is 30.6 Å². The van der Waals surface area contributed by atoms with Gasteiger partial charge in [-0.2, -0.15) is 16.9 Å². The van der Waals surface area contributed by atoms with Gasteiger partial charge in [0.2, 0.25) is 0 Å². The minimum atomic E-state index is -0.504. The van der Waals surface area contributed by atoms with E-state index in [1.54, 1.807) is 7.11 Å². The molecule has 1 aliphatic heterocycles. The highest BCUT2D eigenvalue weighted by Gasteiger charge is 2.16. The Kier molecular flexibility index (Phi) is 8.87. The second kappa shape index (κ2) is 11.6. The molecule has 3 rings (SSSR count). The predicted octanol–water partition coefficient (Wildman–Crippen LogP) is 1.89. The van der Waals surface area contributed by atoms with Crippen LogP contribution >= 0.6 is 11.8 Å². The molecule has 1 aliphatic rings. The van der Waals surface area contributed by atoms with Crippen molar-refractivity contribution in [3.05, 3.63) is 41.7 Å². The van der Waals surface area contributed by atoms with Gasteiger partial charge in [-0.05, 0) is 36.7 Å². The molecule has 2 heterocycles. The molecule has 1 aromatic heterocycles. The summed E-state index contributed by atoms with van der Waals surface area (Å²) in [5.74, 6) is 3.65. The third-order valence-electron chi connectivity index (χ3n) is 5.22. The maximum absolute atomic E-state index is 10.3. The minimum absolute atomic E-state index is 0.268. The number of aromatic nitrogens is 2. The van der Waals surface area contributed by atoms with Gasteiger partial charge in [0.1, 0.15) is 12.7 Å². The molecule has 0 spiro atoms. The average molecular weight is 435 g/mol. The van der Waals surface area contributed by atoms with Gasteiger partial charge in [-0.25, -0.2) is 0 Å². The van der Waals surface area contributed by atoms with Crippen molar-refractivity contribution in [3.8, 4) is 11.5 Å². The topological polar surface area (TPSA) is 63.0 Å². The number of hydrogen-bond acceptors (Lipinski definition) is 7. The van der Waals surface area contributed by atoms with E-state index in [2.05, 4.69) is 34.2 Å². The summed E-state index contributed by atoms with van der Waals surface area (Å²) >= 11 is 1.97. The highest BCUT2D eigenvalue weighted by atomic mass is 32.2. The van der Waals surface area contributed by atoms with Crippen LogP contribution in [0.2, 0.25) is 0 Å². The molecule has 2 aromatic rings. The fourth-order valence-electron chi connectivity index (χ4n) is 3.56. The normalized spacial score (nSPS) is 16.0. The van der Waals surface area contributed by atoms with Gasteiger partial charge in [0.05, 0.1) is 13.3 Å². The van der Waals surface area contributed by atoms with E-state index in [1.807, 2.05) is 41.8 Å². The van der Waals surface area contributed by atoms with Crippen molar-refractivity contribution in [2.75, 3.05) is 58.4 Å². The summed E-state index contributed by atoms with van der Waals surface area (Å²) < 4.78 is 13.2. The van der Waals surface area contributed by atoms with Gasteiger partial charge < -0.3 is 19.5 Å². The number of ether oxygens (including phenoxy) is 2. The largest absolute Gasteiger partial charge is 0.493 e. The summed E-state index contributed by atoms with van der Waals surface area (Å²) in [7, 11) is 5.71. The van der Waals surface area contributed by atoms with Crippen LogP contribution in [0.25, 0.3) is 0 Å². The number of methoxy groups -OCH3 is 1. The third-order valence-corrected chi connectivity index (χ3v) is 6.17. The van der Waals surface area contributed by atoms with Crippen molar-refractivity contribution in [1.29, 1.82) is 0 Å². The van der Waals surface area contributed by atoms with Gasteiger partial charge in [0.25, 0.3) is 0 Å². The first-order valence-corrected chi connectivity index (χ1v) is 11.6. The molecule has 1 atom stereocenters. The molecular weight excluding hydrogens is 400 g/mol. The molecule has 1 aromatic carbocycles. The van der Waals surface area contributed by atoms with Crippen LogP contribution < -0.4 is 9.47 Å². The van der Waals surface area contributed by atoms with E-state index < -0.39 is 6.10 Å². The lowest BCUT2D eigenvalue weighted by Gasteiger charge is -2.28. The Morgan fingerprint density at radius 3 is 2.73 bits per heavy atom. The number of likely N-dealkylation sites (N-methyl/N-ethyl adjacent to an activating group) is 1. The maximum Gasteiger partial charge on any atom is 0.161 e. The lowest BCUT2D eigenvalue weighted by atomic mass is 10.1. The fourth-order valence-corrected chi connectivity index (χ4v) is 4.54. The maximum atomic E-state index is 10.3. The number of benzene rings is 1. The number of aryl methyl sites for hydroxylation is 1. The average Bonchev–Trinajstić information content (AvgIpc) is 3.17. The van der Waals surface area contributed by atoms with Gasteiger partial charge in [0, 0.05) is 57.5 Å². The molecule has 1 saturated heterocycles. The molecule has 0 radical (unpaired) electrons. The first-order chi connectivity index (χ1) is 14.5. The summed E-state index contributed by atoms with van der Waals surface area (Å²) in [6.07, 6.45) is 4.44. The highest BCUT2D eigenvalue weighted by Crippen LogP contribution is 2.28. The molecular formula is C22H34N4O3S. The minimum Gasteiger partial charge on any atom is -0.493 e. The van der Waals surface area contributed by atoms with E-state index in [9.17, 15) is 5.11 Å². The SMILES string of the molecule is COc1cc(CN(C)CCc2cnn(C)c2)ccc1OCC(O)CN1CCSCC1. The number of thioether (sulfide) groups is 1. The van der Waals surface area contributed by atoms with Crippen molar-refractivity contribution in [3.63, 3.8) is 0 Å². The van der Waals surface area contributed by atoms with E-state index in [0.29, 0.717) is 18.0 Å². The Morgan fingerprint density at radius 2 is 2.03 bits per heavy atom. The fraction of sp³-hybridized carbons (Fsp3) is 0.591. The van der Waals surface area contributed by atoms with Gasteiger partial charge in [0.15, 0.2) is 11.5 Å². The summed E-state index contributed by atoms with van der Waals surface area (Å²) in [6, 6.07) is 6.02. The van der Waals surface area contributed by atoms with Gasteiger partial charge in [-0.1, -0.05) is 6.07 Å². The zero-order valence-corrected chi connectivity index (χ0v) is 19.1. The second-order valence-corrected chi connectivity index (χ2v) is 9.10. The number of aliphatic hydroxyl groups is 1. The molecule has 1 N–H and O–H groups in total. The number of hydrogen-bond donors (Lipinski definition) is 1. The molecule has 0 bridgehead atoms. The monoisotopic (exact) mass is 434 g/mol. The van der Waals surface area contributed by atoms with E-state index >= 15 is 0 Å². The van der Waals surface area contributed by atoms with Crippen LogP contribution in [0, 0.1) is 0 Å². The number of rotatable bonds is 11. The van der Waals surface area contributed by atoms with E-state index in [-0.39, 0.29) is 6.61 Å². The lowest BCUT2D eigenvalue weighted by molar-refractivity contribution is 0.0705. The smallest absolute Gasteiger partial charge is 0.161 e. The van der Waals surface area contributed by atoms with Crippen molar-refractivity contribution in [2.24, 2.45) is 7.05 Å². The van der Waals surface area contributed by atoms with Crippen LogP contribution in [-0.2, 0) is 20.0 Å². The predicted molar refractivity (Wildman–Crippen MR) is 122 cm³/mol. The lowest BCUT2D eigenvalue weighted by Crippen LogP contribution is -2.40. The summed E-state index contributed by atoms with van der Waals surface area (Å²) in [5.41, 5.74) is 2.41. The Balaban J connectivity index is 1.47. The third kappa shape index (κ3) is 7.19. The Bertz CT molecular complexity index is 779. The van der Waals surface area contributed by atoms with Gasteiger partial charge in [-0.15, -0.1) is 0 Å². The number of β-amino-alcohol motifs (C(OH)–C–C–N with tert-alkyl or cyclic N) is 1. The van der Waals surface area contributed by atoms with Gasteiger partial charge in [-0.3, -0.25) is 9.58 Å². The second-order valence-electron chi connectivity index (χ2n) is 7.87. The quantitative estimate of drug-likeness (QED) is 0.579. The van der Waals surface area contributed by atoms with Crippen molar-refractivity contribution in [1.82, 2.24) is 19.6 Å². The van der Waals surface area contributed by atoms with Crippen molar-refractivity contribution in [2.45, 2.75) is 19.1 Å². The zero-order chi connectivity index (χ0) is 21.3. The number of aliphatic hydroxyl groups excluding tert-OH is 1. The molecule has 0 aliphatic carbocycles. The standard InChI is InChI=1S/C22H34N4O3S/c1-24(7-6-19-13-23-25(2)15-19)14-18-4-5-21(22(12-18)28-3)29-17-20(27)16-26-8-10-30-11-9-26/h4-5,12-13,15,20,27H,6-11,14,16-17H2,1-3H3. The first-order valence-electron chi connectivity index (χ1n) is 10.5. The molecule has 1 fully saturated rings. The molecule has 30 heavy (non-hydrogen) atoms. The zero-order valence-electron chi connectivity index (χ0n) is 18.3. The van der Waals surface area contributed by atoms with Crippen LogP contribution in [0.5, 0.6) is 11.5 Å². The van der Waals surface area contributed by atoms with Crippen LogP contribution in [0.4, 0.5) is 0 Å². The van der Waals surface area contributed by atoms with Crippen molar-refractivity contribution >= 4 is 11.8 Å². The Hall–Kier alpha value is -1.74. The number of nitrogens with zero attached hydrogens (tertiary/aromatic N) is 4. The Labute approximate surface area is 183 Å². The first kappa shape index (κ1) is 22.9. The highest BCUT2D eigenvalue weighted by molar-refractivity contribution is 7.99. The van der Waals surface area contributed by atoms with Crippen molar-refractivity contribution < 1.29 is 14.6 Å². The van der Waals surface area contributed by atoms with E-state index in [4.69, 9.17) is 9.47 Å². The van der Waals surface area contributed by atoms with Crippen LogP contribution in [0.3, 0.4) is 0 Å². The summed E-state index contributed by atoms with van der Waals surface area (Å²) in [4.78, 5) is 4.58. The molecule has 7 nitrogen and oxygen atoms in total.